The van der Waals surface area contributed by atoms with Crippen molar-refractivity contribution >= 4 is 11.7 Å². The number of hydrogen-bond donors (Lipinski definition) is 1. The number of alkyl halides is 3. The van der Waals surface area contributed by atoms with Gasteiger partial charge in [0.2, 0.25) is 5.91 Å². The summed E-state index contributed by atoms with van der Waals surface area (Å²) in [5.41, 5.74) is -2.39. The average Bonchev–Trinajstić information content (AvgIpc) is 3.16. The van der Waals surface area contributed by atoms with Gasteiger partial charge in [0.25, 0.3) is 0 Å². The summed E-state index contributed by atoms with van der Waals surface area (Å²) in [7, 11) is 0. The highest BCUT2D eigenvalue weighted by Gasteiger charge is 2.62. The molecule has 0 radical (unpaired) electrons. The number of halogens is 3. The summed E-state index contributed by atoms with van der Waals surface area (Å²) in [4.78, 5) is 25.6. The second-order valence-corrected chi connectivity index (χ2v) is 12.2. The Kier molecular flexibility index (Phi) is 5.76. The molecule has 1 amide bonds. The average molecular weight is 488 g/mol. The second kappa shape index (κ2) is 8.21. The zero-order valence-electron chi connectivity index (χ0n) is 20.8. The highest BCUT2D eigenvalue weighted by atomic mass is 19.4. The number of rotatable bonds is 4. The lowest BCUT2D eigenvalue weighted by Gasteiger charge is -2.58. The lowest BCUT2D eigenvalue weighted by Crippen LogP contribution is -2.59. The molecule has 5 rings (SSSR count). The Hall–Kier alpha value is -2.11. The van der Waals surface area contributed by atoms with Gasteiger partial charge >= 0.3 is 6.18 Å². The molecule has 1 unspecified atom stereocenters. The fourth-order valence-corrected chi connectivity index (χ4v) is 8.51. The van der Waals surface area contributed by atoms with Crippen LogP contribution in [0.2, 0.25) is 0 Å². The van der Waals surface area contributed by atoms with E-state index in [2.05, 4.69) is 25.2 Å². The molecular formula is C29H36F3NO2. The van der Waals surface area contributed by atoms with Crippen molar-refractivity contribution in [3.63, 3.8) is 0 Å². The molecule has 190 valence electrons. The molecule has 1 aliphatic heterocycles. The van der Waals surface area contributed by atoms with Crippen LogP contribution in [0.1, 0.15) is 71.3 Å². The number of nitrogens with one attached hydrogen (secondary N) is 1. The molecular weight excluding hydrogens is 451 g/mol. The molecule has 4 aliphatic rings. The second-order valence-electron chi connectivity index (χ2n) is 12.2. The third-order valence-electron chi connectivity index (χ3n) is 10.6. The van der Waals surface area contributed by atoms with Crippen LogP contribution in [0.25, 0.3) is 0 Å². The van der Waals surface area contributed by atoms with Gasteiger partial charge in [0.15, 0.2) is 0 Å². The van der Waals surface area contributed by atoms with Crippen LogP contribution in [0.3, 0.4) is 0 Å². The van der Waals surface area contributed by atoms with E-state index in [9.17, 15) is 22.8 Å². The fourth-order valence-electron chi connectivity index (χ4n) is 8.51. The summed E-state index contributed by atoms with van der Waals surface area (Å²) in [6.07, 6.45) is 4.05. The van der Waals surface area contributed by atoms with Crippen LogP contribution in [0.4, 0.5) is 13.2 Å². The number of benzene rings is 1. The van der Waals surface area contributed by atoms with Gasteiger partial charge in [-0.2, -0.15) is 13.2 Å². The largest absolute Gasteiger partial charge is 0.398 e. The molecule has 0 bridgehead atoms. The van der Waals surface area contributed by atoms with Gasteiger partial charge in [-0.05, 0) is 80.3 Å². The standard InChI is InChI=1S/C29H36F3NO2/c1-26-15-13-21-19(9-12-24-27(21,2)16-14-25(35)33-24)20(26)10-11-22(26)23(34)17-28(3,29(30,31)32)18-7-5-4-6-8-18/h4-8,14,16,19-22,24H,9-13,15,17H2,1-3H3,(H,33,35)/t19-,20-,21-,22+,24+,26-,27+,28?/m0/s1. The van der Waals surface area contributed by atoms with Gasteiger partial charge in [0, 0.05) is 23.8 Å². The Bertz CT molecular complexity index is 1040. The zero-order valence-corrected chi connectivity index (χ0v) is 20.8. The number of Topliss-reactive ketones (excluding diaryl/α,β-unsaturated/α-hetero) is 1. The van der Waals surface area contributed by atoms with Crippen LogP contribution in [0, 0.1) is 34.5 Å². The third kappa shape index (κ3) is 3.69. The van der Waals surface area contributed by atoms with Crippen molar-refractivity contribution in [2.24, 2.45) is 34.5 Å². The first-order chi connectivity index (χ1) is 16.4. The van der Waals surface area contributed by atoms with Gasteiger partial charge < -0.3 is 5.32 Å². The normalized spacial score (nSPS) is 40.2. The van der Waals surface area contributed by atoms with Crippen molar-refractivity contribution in [2.45, 2.75) is 83.4 Å². The minimum atomic E-state index is -4.51. The third-order valence-corrected chi connectivity index (χ3v) is 10.6. The van der Waals surface area contributed by atoms with Crippen LogP contribution in [-0.4, -0.2) is 23.9 Å². The summed E-state index contributed by atoms with van der Waals surface area (Å²) < 4.78 is 43.0. The SMILES string of the molecule is CC(CC(=O)[C@H]1CC[C@H]2[C@@H]3CC[C@H]4NC(=O)C=C[C@]4(C)[C@H]3CC[C@]12C)(c1ccccc1)C(F)(F)F. The molecule has 1 aromatic carbocycles. The van der Waals surface area contributed by atoms with Gasteiger partial charge in [0.1, 0.15) is 5.78 Å². The van der Waals surface area contributed by atoms with E-state index in [1.165, 1.54) is 19.1 Å². The first-order valence-electron chi connectivity index (χ1n) is 13.0. The van der Waals surface area contributed by atoms with Gasteiger partial charge in [-0.15, -0.1) is 0 Å². The lowest BCUT2D eigenvalue weighted by atomic mass is 9.47. The van der Waals surface area contributed by atoms with Crippen molar-refractivity contribution in [3.05, 3.63) is 48.0 Å². The van der Waals surface area contributed by atoms with Crippen molar-refractivity contribution in [3.8, 4) is 0 Å². The molecule has 3 saturated carbocycles. The molecule has 1 heterocycles. The Morgan fingerprint density at radius 1 is 1.03 bits per heavy atom. The van der Waals surface area contributed by atoms with Gasteiger partial charge in [-0.25, -0.2) is 0 Å². The minimum absolute atomic E-state index is 0.0239. The number of fused-ring (bicyclic) bond motifs is 5. The number of amides is 1. The van der Waals surface area contributed by atoms with Crippen LogP contribution < -0.4 is 5.32 Å². The quantitative estimate of drug-likeness (QED) is 0.536. The van der Waals surface area contributed by atoms with E-state index in [4.69, 9.17) is 0 Å². The summed E-state index contributed by atoms with van der Waals surface area (Å²) in [5.74, 6) is 0.621. The Morgan fingerprint density at radius 2 is 1.74 bits per heavy atom. The fraction of sp³-hybridized carbons (Fsp3) is 0.655. The molecule has 1 N–H and O–H groups in total. The van der Waals surface area contributed by atoms with Crippen molar-refractivity contribution in [1.82, 2.24) is 5.32 Å². The molecule has 3 fully saturated rings. The molecule has 8 atom stereocenters. The molecule has 3 nitrogen and oxygen atoms in total. The lowest BCUT2D eigenvalue weighted by molar-refractivity contribution is -0.190. The molecule has 3 aliphatic carbocycles. The Morgan fingerprint density at radius 3 is 2.43 bits per heavy atom. The highest BCUT2D eigenvalue weighted by Crippen LogP contribution is 2.65. The molecule has 0 aromatic heterocycles. The van der Waals surface area contributed by atoms with Crippen LogP contribution in [0.5, 0.6) is 0 Å². The maximum Gasteiger partial charge on any atom is 0.398 e. The predicted molar refractivity (Wildman–Crippen MR) is 128 cm³/mol. The first-order valence-corrected chi connectivity index (χ1v) is 13.0. The van der Waals surface area contributed by atoms with Crippen molar-refractivity contribution in [1.29, 1.82) is 0 Å². The first kappa shape index (κ1) is 24.6. The van der Waals surface area contributed by atoms with E-state index in [0.29, 0.717) is 24.2 Å². The number of carbonyl (C=O) groups is 2. The van der Waals surface area contributed by atoms with Gasteiger partial charge in [0.05, 0.1) is 5.41 Å². The molecule has 35 heavy (non-hydrogen) atoms. The molecule has 0 spiro atoms. The molecule has 6 heteroatoms. The van der Waals surface area contributed by atoms with E-state index in [1.54, 1.807) is 24.3 Å². The number of carbonyl (C=O) groups excluding carboxylic acids is 2. The maximum absolute atomic E-state index is 14.3. The zero-order chi connectivity index (χ0) is 25.2. The van der Waals surface area contributed by atoms with Crippen LogP contribution in [-0.2, 0) is 15.0 Å². The van der Waals surface area contributed by atoms with E-state index >= 15 is 0 Å². The number of ketones is 1. The van der Waals surface area contributed by atoms with Gasteiger partial charge in [-0.3, -0.25) is 9.59 Å². The van der Waals surface area contributed by atoms with Crippen LogP contribution >= 0.6 is 0 Å². The topological polar surface area (TPSA) is 46.2 Å². The Labute approximate surface area is 205 Å². The maximum atomic E-state index is 14.3. The van der Waals surface area contributed by atoms with E-state index in [0.717, 1.165) is 32.1 Å². The minimum Gasteiger partial charge on any atom is -0.349 e. The molecule has 1 aromatic rings. The highest BCUT2D eigenvalue weighted by molar-refractivity contribution is 5.89. The van der Waals surface area contributed by atoms with E-state index in [-0.39, 0.29) is 40.0 Å². The molecule has 0 saturated heterocycles. The van der Waals surface area contributed by atoms with E-state index in [1.807, 2.05) is 0 Å². The van der Waals surface area contributed by atoms with Crippen LogP contribution in [0.15, 0.2) is 42.5 Å². The van der Waals surface area contributed by atoms with Gasteiger partial charge in [-0.1, -0.05) is 50.3 Å². The summed E-state index contributed by atoms with van der Waals surface area (Å²) in [5, 5.41) is 3.16. The summed E-state index contributed by atoms with van der Waals surface area (Å²) in [6, 6.07) is 8.03. The summed E-state index contributed by atoms with van der Waals surface area (Å²) >= 11 is 0. The van der Waals surface area contributed by atoms with Crippen molar-refractivity contribution in [2.75, 3.05) is 0 Å². The monoisotopic (exact) mass is 487 g/mol. The predicted octanol–water partition coefficient (Wildman–Crippen LogP) is 6.38. The summed E-state index contributed by atoms with van der Waals surface area (Å²) in [6.45, 7) is 5.60. The van der Waals surface area contributed by atoms with E-state index < -0.39 is 18.0 Å². The van der Waals surface area contributed by atoms with Crippen molar-refractivity contribution < 1.29 is 22.8 Å². The Balaban J connectivity index is 1.39. The smallest absolute Gasteiger partial charge is 0.349 e. The number of hydrogen-bond acceptors (Lipinski definition) is 2.